The lowest BCUT2D eigenvalue weighted by atomic mass is 9.66. The van der Waals surface area contributed by atoms with Crippen LogP contribution < -0.4 is 5.32 Å². The van der Waals surface area contributed by atoms with Crippen LogP contribution in [0.1, 0.15) is 49.3 Å². The summed E-state index contributed by atoms with van der Waals surface area (Å²) < 4.78 is 1.68. The molecule has 2 aromatic carbocycles. The van der Waals surface area contributed by atoms with Gasteiger partial charge in [0.15, 0.2) is 5.78 Å². The Hall–Kier alpha value is -4.98. The molecule has 0 spiro atoms. The second-order valence-corrected chi connectivity index (χ2v) is 10.2. The van der Waals surface area contributed by atoms with Crippen LogP contribution in [0.5, 0.6) is 5.75 Å². The van der Waals surface area contributed by atoms with Crippen molar-refractivity contribution in [2.24, 2.45) is 5.92 Å². The third-order valence-electron chi connectivity index (χ3n) is 7.86. The molecule has 39 heavy (non-hydrogen) atoms. The highest BCUT2D eigenvalue weighted by atomic mass is 16.3. The lowest BCUT2D eigenvalue weighted by molar-refractivity contribution is 0.0813. The molecule has 4 aromatic rings. The van der Waals surface area contributed by atoms with E-state index in [1.165, 1.54) is 24.3 Å². The Morgan fingerprint density at radius 3 is 2.64 bits per heavy atom. The number of allylic oxidation sites excluding steroid dienone is 2. The van der Waals surface area contributed by atoms with Gasteiger partial charge in [0.25, 0.3) is 11.8 Å². The summed E-state index contributed by atoms with van der Waals surface area (Å²) in [6, 6.07) is 15.1. The SMILES string of the molecule is C=C[C@@H]1CN(C(=O)c2cn3cc(NC(=O)c4ccc(O)cc4)ccc3n2)C2=CC(=O)c3cccc(C)c3[C@]21C. The van der Waals surface area contributed by atoms with Gasteiger partial charge in [-0.25, -0.2) is 4.98 Å². The monoisotopic (exact) mass is 518 g/mol. The first-order valence-corrected chi connectivity index (χ1v) is 12.6. The van der Waals surface area contributed by atoms with E-state index in [0.717, 1.165) is 11.1 Å². The molecule has 0 radical (unpaired) electrons. The van der Waals surface area contributed by atoms with Gasteiger partial charge in [-0.2, -0.15) is 0 Å². The van der Waals surface area contributed by atoms with E-state index < -0.39 is 5.41 Å². The Balaban J connectivity index is 1.32. The standard InChI is InChI=1S/C31H26N4O4/c1-4-20-15-35(26-14-25(37)23-7-5-6-18(2)28(23)31(20,26)3)30(39)24-17-34-16-21(10-13-27(34)33-24)32-29(38)19-8-11-22(36)12-9-19/h4-14,16-17,20,36H,1,15H2,2-3H3,(H,32,38)/t20-,31+/m1/s1. The number of ketones is 1. The number of nitrogens with one attached hydrogen (secondary N) is 1. The Morgan fingerprint density at radius 2 is 1.90 bits per heavy atom. The number of aryl methyl sites for hydroxylation is 1. The van der Waals surface area contributed by atoms with E-state index in [4.69, 9.17) is 0 Å². The maximum absolute atomic E-state index is 13.8. The summed E-state index contributed by atoms with van der Waals surface area (Å²) in [4.78, 5) is 45.7. The van der Waals surface area contributed by atoms with Crippen molar-refractivity contribution in [3.8, 4) is 5.75 Å². The molecule has 0 bridgehead atoms. The van der Waals surface area contributed by atoms with Crippen molar-refractivity contribution in [1.82, 2.24) is 14.3 Å². The van der Waals surface area contributed by atoms with E-state index >= 15 is 0 Å². The number of amides is 2. The normalized spacial score (nSPS) is 19.8. The number of hydrogen-bond acceptors (Lipinski definition) is 5. The quantitative estimate of drug-likeness (QED) is 0.374. The van der Waals surface area contributed by atoms with Gasteiger partial charge in [0.2, 0.25) is 0 Å². The fourth-order valence-electron chi connectivity index (χ4n) is 5.88. The number of phenolic OH excluding ortho intramolecular Hbond substituents is 1. The van der Waals surface area contributed by atoms with Crippen LogP contribution in [0.4, 0.5) is 5.69 Å². The lowest BCUT2D eigenvalue weighted by Gasteiger charge is -2.37. The second-order valence-electron chi connectivity index (χ2n) is 10.2. The molecular weight excluding hydrogens is 492 g/mol. The van der Waals surface area contributed by atoms with Crippen LogP contribution in [0.25, 0.3) is 5.65 Å². The van der Waals surface area contributed by atoms with Gasteiger partial charge >= 0.3 is 0 Å². The van der Waals surface area contributed by atoms with Crippen LogP contribution >= 0.6 is 0 Å². The number of likely N-dealkylation sites (tertiary alicyclic amines) is 1. The third-order valence-corrected chi connectivity index (χ3v) is 7.86. The van der Waals surface area contributed by atoms with Crippen molar-refractivity contribution in [2.75, 3.05) is 11.9 Å². The smallest absolute Gasteiger partial charge is 0.278 e. The molecule has 1 aliphatic carbocycles. The van der Waals surface area contributed by atoms with Gasteiger partial charge in [0.05, 0.1) is 5.69 Å². The molecule has 8 nitrogen and oxygen atoms in total. The summed E-state index contributed by atoms with van der Waals surface area (Å²) in [5.41, 5.74) is 4.38. The maximum Gasteiger partial charge on any atom is 0.278 e. The number of carbonyl (C=O) groups excluding carboxylic acids is 3. The predicted molar refractivity (Wildman–Crippen MR) is 147 cm³/mol. The van der Waals surface area contributed by atoms with Crippen molar-refractivity contribution in [2.45, 2.75) is 19.3 Å². The highest BCUT2D eigenvalue weighted by Gasteiger charge is 2.53. The summed E-state index contributed by atoms with van der Waals surface area (Å²) in [7, 11) is 0. The Kier molecular flexibility index (Phi) is 5.50. The van der Waals surface area contributed by atoms with Gasteiger partial charge in [-0.15, -0.1) is 6.58 Å². The number of fused-ring (bicyclic) bond motifs is 4. The molecule has 3 heterocycles. The molecule has 0 saturated carbocycles. The number of hydrogen-bond donors (Lipinski definition) is 2. The van der Waals surface area contributed by atoms with Crippen LogP contribution in [0, 0.1) is 12.8 Å². The minimum atomic E-state index is -0.573. The number of aromatic nitrogens is 2. The van der Waals surface area contributed by atoms with E-state index in [9.17, 15) is 19.5 Å². The third kappa shape index (κ3) is 3.75. The number of nitrogens with zero attached hydrogens (tertiary/aromatic N) is 3. The van der Waals surface area contributed by atoms with Gasteiger partial charge < -0.3 is 19.7 Å². The number of imidazole rings is 1. The number of benzene rings is 2. The number of aromatic hydroxyl groups is 1. The van der Waals surface area contributed by atoms with E-state index in [2.05, 4.69) is 23.8 Å². The number of anilines is 1. The van der Waals surface area contributed by atoms with Crippen molar-refractivity contribution < 1.29 is 19.5 Å². The van der Waals surface area contributed by atoms with Gasteiger partial charge in [0, 0.05) is 53.2 Å². The summed E-state index contributed by atoms with van der Waals surface area (Å²) in [6.45, 7) is 8.49. The zero-order valence-corrected chi connectivity index (χ0v) is 21.5. The van der Waals surface area contributed by atoms with Gasteiger partial charge in [0.1, 0.15) is 17.1 Å². The van der Waals surface area contributed by atoms with Gasteiger partial charge in [-0.1, -0.05) is 24.3 Å². The van der Waals surface area contributed by atoms with Gasteiger partial charge in [-0.3, -0.25) is 14.4 Å². The van der Waals surface area contributed by atoms with E-state index in [0.29, 0.717) is 34.7 Å². The van der Waals surface area contributed by atoms with Crippen molar-refractivity contribution in [3.05, 3.63) is 119 Å². The number of rotatable bonds is 4. The van der Waals surface area contributed by atoms with Crippen molar-refractivity contribution in [3.63, 3.8) is 0 Å². The maximum atomic E-state index is 13.8. The zero-order chi connectivity index (χ0) is 27.5. The fourth-order valence-corrected chi connectivity index (χ4v) is 5.88. The molecule has 2 amide bonds. The summed E-state index contributed by atoms with van der Waals surface area (Å²) in [6.07, 6.45) is 6.74. The van der Waals surface area contributed by atoms with Crippen LogP contribution in [0.15, 0.2) is 91.4 Å². The average Bonchev–Trinajstić information content (AvgIpc) is 3.47. The Bertz CT molecular complexity index is 1730. The molecule has 0 unspecified atom stereocenters. The first-order valence-electron chi connectivity index (χ1n) is 12.6. The molecule has 1 saturated heterocycles. The number of carbonyl (C=O) groups is 3. The highest BCUT2D eigenvalue weighted by molar-refractivity contribution is 6.09. The molecule has 2 aliphatic rings. The number of pyridine rings is 1. The molecule has 2 N–H and O–H groups in total. The van der Waals surface area contributed by atoms with Crippen molar-refractivity contribution in [1.29, 1.82) is 0 Å². The summed E-state index contributed by atoms with van der Waals surface area (Å²) in [5, 5.41) is 12.3. The zero-order valence-electron chi connectivity index (χ0n) is 21.5. The Labute approximate surface area is 224 Å². The molecule has 1 aliphatic heterocycles. The Morgan fingerprint density at radius 1 is 1.13 bits per heavy atom. The van der Waals surface area contributed by atoms with Crippen molar-refractivity contribution >= 4 is 28.9 Å². The second kappa shape index (κ2) is 8.80. The topological polar surface area (TPSA) is 104 Å². The molecule has 194 valence electrons. The van der Waals surface area contributed by atoms with Crippen LogP contribution in [-0.2, 0) is 5.41 Å². The first-order chi connectivity index (χ1) is 18.7. The molecular formula is C31H26N4O4. The fraction of sp³-hybridized carbons (Fsp3) is 0.161. The molecule has 2 atom stereocenters. The average molecular weight is 519 g/mol. The first kappa shape index (κ1) is 24.4. The molecule has 2 aromatic heterocycles. The lowest BCUT2D eigenvalue weighted by Crippen LogP contribution is -2.37. The largest absolute Gasteiger partial charge is 0.508 e. The van der Waals surface area contributed by atoms with Gasteiger partial charge in [-0.05, 0) is 61.4 Å². The molecule has 6 rings (SSSR count). The summed E-state index contributed by atoms with van der Waals surface area (Å²) in [5.74, 6) is -0.761. The number of phenols is 1. The van der Waals surface area contributed by atoms with Crippen LogP contribution in [-0.4, -0.2) is 43.5 Å². The molecule has 1 fully saturated rings. The predicted octanol–water partition coefficient (Wildman–Crippen LogP) is 4.90. The minimum Gasteiger partial charge on any atom is -0.508 e. The van der Waals surface area contributed by atoms with Crippen LogP contribution in [0.2, 0.25) is 0 Å². The summed E-state index contributed by atoms with van der Waals surface area (Å²) >= 11 is 0. The van der Waals surface area contributed by atoms with E-state index in [1.807, 2.05) is 31.2 Å². The van der Waals surface area contributed by atoms with Crippen LogP contribution in [0.3, 0.4) is 0 Å². The highest BCUT2D eigenvalue weighted by Crippen LogP contribution is 2.52. The van der Waals surface area contributed by atoms with E-state index in [-0.39, 0.29) is 35.0 Å². The minimum absolute atomic E-state index is 0.0778. The van der Waals surface area contributed by atoms with E-state index in [1.54, 1.807) is 39.9 Å². The molecule has 8 heteroatoms.